The van der Waals surface area contributed by atoms with E-state index in [9.17, 15) is 4.79 Å². The Morgan fingerprint density at radius 2 is 2.22 bits per heavy atom. The molecule has 1 aromatic carbocycles. The number of rotatable bonds is 7. The second kappa shape index (κ2) is 7.01. The van der Waals surface area contributed by atoms with Crippen molar-refractivity contribution in [2.24, 2.45) is 11.7 Å². The van der Waals surface area contributed by atoms with Crippen LogP contribution in [0.3, 0.4) is 0 Å². The summed E-state index contributed by atoms with van der Waals surface area (Å²) in [7, 11) is 0. The Bertz CT molecular complexity index is 392. The standard InChI is InChI=1S/C14H21NO3/c1-3-18-13-6-4-5-11(8-13)10(2)7-12(9-15)14(16)17/h4-6,8,10,12H,3,7,9,15H2,1-2H3,(H,16,17). The van der Waals surface area contributed by atoms with Crippen LogP contribution in [0.2, 0.25) is 0 Å². The monoisotopic (exact) mass is 251 g/mol. The molecule has 0 saturated carbocycles. The highest BCUT2D eigenvalue weighted by molar-refractivity contribution is 5.70. The van der Waals surface area contributed by atoms with Crippen LogP contribution in [-0.2, 0) is 4.79 Å². The highest BCUT2D eigenvalue weighted by atomic mass is 16.5. The summed E-state index contributed by atoms with van der Waals surface area (Å²) < 4.78 is 5.43. The second-order valence-corrected chi connectivity index (χ2v) is 4.41. The maximum atomic E-state index is 11.0. The molecule has 1 aromatic rings. The van der Waals surface area contributed by atoms with E-state index >= 15 is 0 Å². The third-order valence-electron chi connectivity index (χ3n) is 3.01. The Labute approximate surface area is 108 Å². The first-order chi connectivity index (χ1) is 8.58. The van der Waals surface area contributed by atoms with Crippen molar-refractivity contribution in [3.63, 3.8) is 0 Å². The van der Waals surface area contributed by atoms with Crippen LogP contribution in [0.15, 0.2) is 24.3 Å². The van der Waals surface area contributed by atoms with Crippen molar-refractivity contribution in [1.82, 2.24) is 0 Å². The number of nitrogens with two attached hydrogens (primary N) is 1. The molecule has 0 aliphatic heterocycles. The zero-order valence-electron chi connectivity index (χ0n) is 10.9. The molecule has 3 N–H and O–H groups in total. The SMILES string of the molecule is CCOc1cccc(C(C)CC(CN)C(=O)O)c1. The van der Waals surface area contributed by atoms with Gasteiger partial charge in [-0.25, -0.2) is 0 Å². The molecule has 0 aliphatic carbocycles. The van der Waals surface area contributed by atoms with Crippen molar-refractivity contribution in [1.29, 1.82) is 0 Å². The molecule has 18 heavy (non-hydrogen) atoms. The van der Waals surface area contributed by atoms with Crippen LogP contribution in [0.4, 0.5) is 0 Å². The van der Waals surface area contributed by atoms with E-state index in [0.717, 1.165) is 11.3 Å². The van der Waals surface area contributed by atoms with Crippen molar-refractivity contribution in [3.05, 3.63) is 29.8 Å². The van der Waals surface area contributed by atoms with Gasteiger partial charge in [0.2, 0.25) is 0 Å². The van der Waals surface area contributed by atoms with E-state index in [0.29, 0.717) is 13.0 Å². The van der Waals surface area contributed by atoms with Gasteiger partial charge in [0, 0.05) is 6.54 Å². The lowest BCUT2D eigenvalue weighted by molar-refractivity contribution is -0.141. The first-order valence-corrected chi connectivity index (χ1v) is 6.24. The molecule has 0 amide bonds. The van der Waals surface area contributed by atoms with Crippen molar-refractivity contribution in [3.8, 4) is 5.75 Å². The molecule has 0 heterocycles. The van der Waals surface area contributed by atoms with E-state index in [2.05, 4.69) is 0 Å². The Morgan fingerprint density at radius 1 is 1.50 bits per heavy atom. The minimum atomic E-state index is -0.828. The minimum absolute atomic E-state index is 0.148. The molecular weight excluding hydrogens is 230 g/mol. The van der Waals surface area contributed by atoms with Crippen LogP contribution in [0.1, 0.15) is 31.7 Å². The van der Waals surface area contributed by atoms with Gasteiger partial charge in [-0.2, -0.15) is 0 Å². The van der Waals surface area contributed by atoms with Gasteiger partial charge in [-0.1, -0.05) is 19.1 Å². The number of hydrogen-bond donors (Lipinski definition) is 2. The Balaban J connectivity index is 2.73. The fourth-order valence-electron chi connectivity index (χ4n) is 1.94. The summed E-state index contributed by atoms with van der Waals surface area (Å²) in [5.41, 5.74) is 6.56. The Hall–Kier alpha value is -1.55. The third-order valence-corrected chi connectivity index (χ3v) is 3.01. The topological polar surface area (TPSA) is 72.5 Å². The van der Waals surface area contributed by atoms with Crippen LogP contribution < -0.4 is 10.5 Å². The van der Waals surface area contributed by atoms with E-state index < -0.39 is 11.9 Å². The van der Waals surface area contributed by atoms with Crippen LogP contribution in [-0.4, -0.2) is 24.2 Å². The third kappa shape index (κ3) is 4.04. The number of carbonyl (C=O) groups is 1. The molecule has 4 nitrogen and oxygen atoms in total. The van der Waals surface area contributed by atoms with Crippen LogP contribution in [0, 0.1) is 5.92 Å². The first-order valence-electron chi connectivity index (χ1n) is 6.24. The van der Waals surface area contributed by atoms with Gasteiger partial charge in [-0.15, -0.1) is 0 Å². The summed E-state index contributed by atoms with van der Waals surface area (Å²) in [6.45, 7) is 4.74. The van der Waals surface area contributed by atoms with E-state index in [1.165, 1.54) is 0 Å². The molecule has 4 heteroatoms. The summed E-state index contributed by atoms with van der Waals surface area (Å²) in [4.78, 5) is 11.0. The fraction of sp³-hybridized carbons (Fsp3) is 0.500. The van der Waals surface area contributed by atoms with Gasteiger partial charge < -0.3 is 15.6 Å². The lowest BCUT2D eigenvalue weighted by Gasteiger charge is -2.17. The average molecular weight is 251 g/mol. The molecule has 2 unspecified atom stereocenters. The molecule has 0 bridgehead atoms. The summed E-state index contributed by atoms with van der Waals surface area (Å²) in [6.07, 6.45) is 0.543. The smallest absolute Gasteiger partial charge is 0.307 e. The highest BCUT2D eigenvalue weighted by Gasteiger charge is 2.19. The highest BCUT2D eigenvalue weighted by Crippen LogP contribution is 2.26. The van der Waals surface area contributed by atoms with Crippen LogP contribution in [0.5, 0.6) is 5.75 Å². The summed E-state index contributed by atoms with van der Waals surface area (Å²) in [5, 5.41) is 9.00. The van der Waals surface area contributed by atoms with E-state index in [4.69, 9.17) is 15.6 Å². The molecule has 0 saturated heterocycles. The zero-order valence-corrected chi connectivity index (χ0v) is 10.9. The zero-order chi connectivity index (χ0) is 13.5. The van der Waals surface area contributed by atoms with Gasteiger partial charge in [-0.05, 0) is 37.0 Å². The van der Waals surface area contributed by atoms with Crippen LogP contribution in [0.25, 0.3) is 0 Å². The molecule has 1 rings (SSSR count). The van der Waals surface area contributed by atoms with Gasteiger partial charge in [0.25, 0.3) is 0 Å². The van der Waals surface area contributed by atoms with Gasteiger partial charge >= 0.3 is 5.97 Å². The maximum absolute atomic E-state index is 11.0. The van der Waals surface area contributed by atoms with E-state index in [-0.39, 0.29) is 12.5 Å². The first kappa shape index (κ1) is 14.5. The number of aliphatic carboxylic acids is 1. The minimum Gasteiger partial charge on any atom is -0.494 e. The second-order valence-electron chi connectivity index (χ2n) is 4.41. The van der Waals surface area contributed by atoms with E-state index in [1.807, 2.05) is 38.1 Å². The van der Waals surface area contributed by atoms with Crippen molar-refractivity contribution >= 4 is 5.97 Å². The lowest BCUT2D eigenvalue weighted by atomic mass is 9.90. The van der Waals surface area contributed by atoms with Crippen LogP contribution >= 0.6 is 0 Å². The lowest BCUT2D eigenvalue weighted by Crippen LogP contribution is -2.24. The molecule has 0 aromatic heterocycles. The number of carboxylic acids is 1. The number of hydrogen-bond acceptors (Lipinski definition) is 3. The quantitative estimate of drug-likeness (QED) is 0.779. The molecule has 0 fully saturated rings. The normalized spacial score (nSPS) is 13.9. The van der Waals surface area contributed by atoms with Gasteiger partial charge in [0.1, 0.15) is 5.75 Å². The van der Waals surface area contributed by atoms with Gasteiger partial charge in [0.15, 0.2) is 0 Å². The number of ether oxygens (including phenoxy) is 1. The van der Waals surface area contributed by atoms with Gasteiger partial charge in [0.05, 0.1) is 12.5 Å². The Morgan fingerprint density at radius 3 is 2.78 bits per heavy atom. The average Bonchev–Trinajstić information content (AvgIpc) is 2.36. The maximum Gasteiger partial charge on any atom is 0.307 e. The summed E-state index contributed by atoms with van der Waals surface area (Å²) in [6, 6.07) is 7.78. The molecule has 100 valence electrons. The summed E-state index contributed by atoms with van der Waals surface area (Å²) >= 11 is 0. The number of benzene rings is 1. The molecule has 0 aliphatic rings. The fourth-order valence-corrected chi connectivity index (χ4v) is 1.94. The largest absolute Gasteiger partial charge is 0.494 e. The Kier molecular flexibility index (Phi) is 5.65. The van der Waals surface area contributed by atoms with E-state index in [1.54, 1.807) is 0 Å². The number of carboxylic acid groups (broad SMARTS) is 1. The molecule has 0 spiro atoms. The summed E-state index contributed by atoms with van der Waals surface area (Å²) in [5.74, 6) is -0.349. The van der Waals surface area contributed by atoms with Crippen molar-refractivity contribution in [2.45, 2.75) is 26.2 Å². The predicted octanol–water partition coefficient (Wildman–Crippen LogP) is 2.24. The molecular formula is C14H21NO3. The molecule has 2 atom stereocenters. The van der Waals surface area contributed by atoms with Crippen molar-refractivity contribution in [2.75, 3.05) is 13.2 Å². The molecule has 0 radical (unpaired) electrons. The van der Waals surface area contributed by atoms with Crippen molar-refractivity contribution < 1.29 is 14.6 Å². The van der Waals surface area contributed by atoms with Gasteiger partial charge in [-0.3, -0.25) is 4.79 Å². The predicted molar refractivity (Wildman–Crippen MR) is 70.8 cm³/mol.